The van der Waals surface area contributed by atoms with Gasteiger partial charge >= 0.3 is 12.3 Å². The largest absolute Gasteiger partial charge is 0.558 e. The third-order valence-corrected chi connectivity index (χ3v) is 1.78. The summed E-state index contributed by atoms with van der Waals surface area (Å²) in [5.74, 6) is -1.27. The smallest absolute Gasteiger partial charge is 0.443 e. The first-order valence-corrected chi connectivity index (χ1v) is 4.26. The van der Waals surface area contributed by atoms with E-state index in [1.54, 1.807) is 0 Å². The second-order valence-corrected chi connectivity index (χ2v) is 2.93. The molecule has 0 unspecified atom stereocenters. The minimum absolute atomic E-state index is 0.129. The first kappa shape index (κ1) is 11.4. The van der Waals surface area contributed by atoms with E-state index in [-0.39, 0.29) is 5.56 Å². The molecule has 2 aromatic rings. The lowest BCUT2D eigenvalue weighted by molar-refractivity contribution is -0.457. The van der Waals surface area contributed by atoms with Crippen LogP contribution in [0.2, 0.25) is 0 Å². The van der Waals surface area contributed by atoms with Gasteiger partial charge < -0.3 is 4.42 Å². The van der Waals surface area contributed by atoms with Gasteiger partial charge in [-0.1, -0.05) is 4.89 Å². The second-order valence-electron chi connectivity index (χ2n) is 2.93. The third-order valence-electron chi connectivity index (χ3n) is 1.78. The lowest BCUT2D eigenvalue weighted by atomic mass is 10.2. The van der Waals surface area contributed by atoms with Crippen molar-refractivity contribution in [2.24, 2.45) is 0 Å². The Labute approximate surface area is 91.7 Å². The van der Waals surface area contributed by atoms with Gasteiger partial charge in [0, 0.05) is 0 Å². The van der Waals surface area contributed by atoms with E-state index in [2.05, 4.69) is 14.8 Å². The van der Waals surface area contributed by atoms with Crippen LogP contribution < -0.4 is 0 Å². The van der Waals surface area contributed by atoms with Gasteiger partial charge in [0.25, 0.3) is 0 Å². The second kappa shape index (κ2) is 4.06. The van der Waals surface area contributed by atoms with Crippen molar-refractivity contribution in [3.05, 3.63) is 30.2 Å². The number of carbonyl (C=O) groups is 1. The zero-order chi connectivity index (χ0) is 12.5. The van der Waals surface area contributed by atoms with E-state index in [0.717, 1.165) is 6.39 Å². The number of halogens is 3. The number of rotatable bonds is 2. The van der Waals surface area contributed by atoms with Crippen molar-refractivity contribution in [2.45, 2.75) is 6.36 Å². The highest BCUT2D eigenvalue weighted by Crippen LogP contribution is 2.19. The average molecular weight is 247 g/mol. The molecule has 0 saturated carbocycles. The van der Waals surface area contributed by atoms with Crippen molar-refractivity contribution in [2.75, 3.05) is 0 Å². The van der Waals surface area contributed by atoms with E-state index < -0.39 is 12.3 Å². The van der Waals surface area contributed by atoms with Crippen molar-refractivity contribution in [3.63, 3.8) is 0 Å². The summed E-state index contributed by atoms with van der Waals surface area (Å²) in [7, 11) is 0. The van der Waals surface area contributed by atoms with Gasteiger partial charge in [0.05, 0.1) is 5.56 Å². The van der Waals surface area contributed by atoms with Gasteiger partial charge in [-0.05, 0) is 18.2 Å². The number of oxazole rings is 1. The molecule has 0 amide bonds. The fraction of sp³-hybridized carbons (Fsp3) is 0.111. The Morgan fingerprint density at radius 2 is 2.12 bits per heavy atom. The third kappa shape index (κ3) is 2.72. The summed E-state index contributed by atoms with van der Waals surface area (Å²) in [5.41, 5.74) is 0.598. The summed E-state index contributed by atoms with van der Waals surface area (Å²) in [4.78, 5) is 21.4. The summed E-state index contributed by atoms with van der Waals surface area (Å²) in [6, 6.07) is 3.84. The average Bonchev–Trinajstić information content (AvgIpc) is 2.71. The zero-order valence-electron chi connectivity index (χ0n) is 8.02. The van der Waals surface area contributed by atoms with Gasteiger partial charge in [0.15, 0.2) is 12.0 Å². The zero-order valence-corrected chi connectivity index (χ0v) is 8.02. The molecule has 90 valence electrons. The molecular formula is C9H4F3NO4. The molecule has 0 aliphatic carbocycles. The fourth-order valence-corrected chi connectivity index (χ4v) is 1.12. The molecular weight excluding hydrogens is 243 g/mol. The molecule has 17 heavy (non-hydrogen) atoms. The summed E-state index contributed by atoms with van der Waals surface area (Å²) >= 11 is 0. The molecule has 0 spiro atoms. The van der Waals surface area contributed by atoms with Gasteiger partial charge in [-0.15, -0.1) is 13.2 Å². The normalized spacial score (nSPS) is 11.7. The van der Waals surface area contributed by atoms with Crippen LogP contribution in [0.1, 0.15) is 10.4 Å². The Morgan fingerprint density at radius 3 is 2.82 bits per heavy atom. The molecule has 1 aromatic carbocycles. The number of nitrogens with zero attached hydrogens (tertiary/aromatic N) is 1. The van der Waals surface area contributed by atoms with Gasteiger partial charge in [0.1, 0.15) is 5.52 Å². The molecule has 0 saturated heterocycles. The molecule has 0 bridgehead atoms. The number of hydrogen-bond acceptors (Lipinski definition) is 5. The number of fused-ring (bicyclic) bond motifs is 1. The molecule has 0 atom stereocenters. The van der Waals surface area contributed by atoms with Crippen molar-refractivity contribution in [1.82, 2.24) is 4.98 Å². The van der Waals surface area contributed by atoms with Crippen LogP contribution in [-0.4, -0.2) is 17.3 Å². The molecule has 0 N–H and O–H groups in total. The van der Waals surface area contributed by atoms with Gasteiger partial charge in [-0.2, -0.15) is 0 Å². The number of aromatic nitrogens is 1. The SMILES string of the molecule is O=C(OOC(F)(F)F)c1ccc2ocnc2c1. The van der Waals surface area contributed by atoms with Crippen LogP contribution in [-0.2, 0) is 9.78 Å². The van der Waals surface area contributed by atoms with E-state index >= 15 is 0 Å². The summed E-state index contributed by atoms with van der Waals surface area (Å²) in [6.07, 6.45) is -3.89. The van der Waals surface area contributed by atoms with Gasteiger partial charge in [-0.25, -0.2) is 9.78 Å². The maximum absolute atomic E-state index is 11.6. The minimum atomic E-state index is -5.03. The maximum Gasteiger partial charge on any atom is 0.558 e. The molecule has 1 heterocycles. The summed E-state index contributed by atoms with van der Waals surface area (Å²) in [6.45, 7) is 0. The summed E-state index contributed by atoms with van der Waals surface area (Å²) in [5, 5.41) is 0. The molecule has 0 aliphatic heterocycles. The highest BCUT2D eigenvalue weighted by molar-refractivity contribution is 5.92. The van der Waals surface area contributed by atoms with Crippen LogP contribution in [0.25, 0.3) is 11.1 Å². The fourth-order valence-electron chi connectivity index (χ4n) is 1.12. The predicted molar refractivity (Wildman–Crippen MR) is 46.6 cm³/mol. The lowest BCUT2D eigenvalue weighted by Crippen LogP contribution is -2.17. The van der Waals surface area contributed by atoms with Crippen LogP contribution >= 0.6 is 0 Å². The summed E-state index contributed by atoms with van der Waals surface area (Å²) < 4.78 is 39.7. The Morgan fingerprint density at radius 1 is 1.35 bits per heavy atom. The standard InChI is InChI=1S/C9H4F3NO4/c10-9(11,12)17-16-8(14)5-1-2-7-6(3-5)13-4-15-7/h1-4H. The lowest BCUT2D eigenvalue weighted by Gasteiger charge is -2.05. The van der Waals surface area contributed by atoms with Crippen molar-refractivity contribution >= 4 is 17.1 Å². The monoisotopic (exact) mass is 247 g/mol. The Hall–Kier alpha value is -2.09. The number of alkyl halides is 3. The highest BCUT2D eigenvalue weighted by atomic mass is 19.4. The topological polar surface area (TPSA) is 61.6 Å². The quantitative estimate of drug-likeness (QED) is 0.602. The maximum atomic E-state index is 11.6. The van der Waals surface area contributed by atoms with Gasteiger partial charge in [-0.3, -0.25) is 4.89 Å². The number of hydrogen-bond donors (Lipinski definition) is 0. The van der Waals surface area contributed by atoms with E-state index in [1.165, 1.54) is 18.2 Å². The molecule has 0 aliphatic rings. The van der Waals surface area contributed by atoms with Crippen LogP contribution in [0.3, 0.4) is 0 Å². The van der Waals surface area contributed by atoms with Crippen LogP contribution in [0.5, 0.6) is 0 Å². The van der Waals surface area contributed by atoms with E-state index in [0.29, 0.717) is 11.1 Å². The van der Waals surface area contributed by atoms with Crippen molar-refractivity contribution in [3.8, 4) is 0 Å². The van der Waals surface area contributed by atoms with Crippen LogP contribution in [0, 0.1) is 0 Å². The van der Waals surface area contributed by atoms with Crippen LogP contribution in [0.15, 0.2) is 29.0 Å². The first-order valence-electron chi connectivity index (χ1n) is 4.26. The molecule has 1 aromatic heterocycles. The van der Waals surface area contributed by atoms with Crippen molar-refractivity contribution in [1.29, 1.82) is 0 Å². The number of benzene rings is 1. The Bertz CT molecular complexity index is 548. The molecule has 5 nitrogen and oxygen atoms in total. The highest BCUT2D eigenvalue weighted by Gasteiger charge is 2.33. The molecule has 2 rings (SSSR count). The number of carbonyl (C=O) groups excluding carboxylic acids is 1. The van der Waals surface area contributed by atoms with E-state index in [1.807, 2.05) is 0 Å². The van der Waals surface area contributed by atoms with Gasteiger partial charge in [0.2, 0.25) is 0 Å². The minimum Gasteiger partial charge on any atom is -0.443 e. The Balaban J connectivity index is 2.13. The molecule has 0 fully saturated rings. The van der Waals surface area contributed by atoms with E-state index in [4.69, 9.17) is 4.42 Å². The predicted octanol–water partition coefficient (Wildman–Crippen LogP) is 2.44. The van der Waals surface area contributed by atoms with Crippen molar-refractivity contribution < 1.29 is 32.2 Å². The van der Waals surface area contributed by atoms with Crippen LogP contribution in [0.4, 0.5) is 13.2 Å². The molecule has 0 radical (unpaired) electrons. The van der Waals surface area contributed by atoms with E-state index in [9.17, 15) is 18.0 Å². The first-order chi connectivity index (χ1) is 7.96. The molecule has 8 heteroatoms. The Kier molecular flexibility index (Phi) is 2.72.